The van der Waals surface area contributed by atoms with Gasteiger partial charge in [-0.05, 0) is 231 Å². The highest BCUT2D eigenvalue weighted by molar-refractivity contribution is 5.95. The van der Waals surface area contributed by atoms with Gasteiger partial charge in [-0.15, -0.1) is 0 Å². The number of ketones is 4. The highest BCUT2D eigenvalue weighted by Gasteiger charge is 2.59. The number of hydrogen-bond donors (Lipinski definition) is 0. The normalized spacial score (nSPS) is 14.1. The van der Waals surface area contributed by atoms with Gasteiger partial charge in [0, 0.05) is 34.1 Å². The Kier molecular flexibility index (Phi) is 17.0. The number of ether oxygens (including phenoxy) is 8. The minimum absolute atomic E-state index is 0.0512. The lowest BCUT2D eigenvalue weighted by molar-refractivity contribution is 0.100. The van der Waals surface area contributed by atoms with Crippen molar-refractivity contribution in [3.05, 3.63) is 261 Å². The fourth-order valence-electron chi connectivity index (χ4n) is 12.6. The van der Waals surface area contributed by atoms with Crippen LogP contribution in [0.1, 0.15) is 153 Å². The van der Waals surface area contributed by atoms with Gasteiger partial charge in [0.05, 0.1) is 0 Å². The third-order valence-electron chi connectivity index (χ3n) is 17.4. The summed E-state index contributed by atoms with van der Waals surface area (Å²) in [6, 6.07) is 62.8. The van der Waals surface area contributed by atoms with Gasteiger partial charge in [0.1, 0.15) is 116 Å². The molecule has 16 nitrogen and oxygen atoms in total. The van der Waals surface area contributed by atoms with Crippen molar-refractivity contribution >= 4 is 23.1 Å². The van der Waals surface area contributed by atoms with E-state index in [0.717, 1.165) is 22.3 Å². The second kappa shape index (κ2) is 25.7. The molecule has 0 spiro atoms. The van der Waals surface area contributed by atoms with Crippen LogP contribution in [-0.4, -0.2) is 23.1 Å². The van der Waals surface area contributed by atoms with E-state index in [9.17, 15) is 40.2 Å². The van der Waals surface area contributed by atoms with E-state index in [1.807, 2.05) is 24.3 Å². The molecule has 2 aliphatic rings. The fourth-order valence-corrected chi connectivity index (χ4v) is 12.6. The number of fused-ring (bicyclic) bond motifs is 5. The minimum Gasteiger partial charge on any atom is -0.456 e. The van der Waals surface area contributed by atoms with E-state index >= 15 is 0 Å². The van der Waals surface area contributed by atoms with E-state index in [-0.39, 0.29) is 126 Å². The maximum absolute atomic E-state index is 12.1. The number of carbonyl (C=O) groups excluding carboxylic acids is 4. The zero-order chi connectivity index (χ0) is 67.7. The number of hydrogen-bond acceptors (Lipinski definition) is 16. The smallest absolute Gasteiger partial charge is 0.170 e. The zero-order valence-corrected chi connectivity index (χ0v) is 53.3. The average Bonchev–Trinajstić information content (AvgIpc) is 1.52. The third-order valence-corrected chi connectivity index (χ3v) is 17.4. The Bertz CT molecular complexity index is 4690. The van der Waals surface area contributed by atoms with Gasteiger partial charge >= 0.3 is 0 Å². The largest absolute Gasteiger partial charge is 0.456 e. The first kappa shape index (κ1) is 63.4. The first-order chi connectivity index (χ1) is 46.2. The molecule has 10 aromatic rings. The molecule has 10 aromatic carbocycles. The van der Waals surface area contributed by atoms with Crippen LogP contribution in [0.3, 0.4) is 0 Å². The number of rotatable bonds is 20. The van der Waals surface area contributed by atoms with Gasteiger partial charge in [0.15, 0.2) is 46.1 Å². The summed E-state index contributed by atoms with van der Waals surface area (Å²) in [5.41, 5.74) is 4.22. The van der Waals surface area contributed by atoms with Crippen molar-refractivity contribution in [3.8, 4) is 116 Å². The summed E-state index contributed by atoms with van der Waals surface area (Å²) in [7, 11) is 0. The van der Waals surface area contributed by atoms with Gasteiger partial charge in [-0.2, -0.15) is 21.0 Å². The summed E-state index contributed by atoms with van der Waals surface area (Å²) in [4.78, 5) is 48.5. The van der Waals surface area contributed by atoms with Crippen LogP contribution >= 0.6 is 0 Å². The molecule has 0 saturated carbocycles. The molecule has 0 heterocycles. The van der Waals surface area contributed by atoms with Crippen LogP contribution in [0, 0.1) is 45.3 Å². The van der Waals surface area contributed by atoms with Crippen LogP contribution in [0.4, 0.5) is 0 Å². The number of benzene rings is 10. The van der Waals surface area contributed by atoms with E-state index in [0.29, 0.717) is 45.3 Å². The van der Waals surface area contributed by atoms with Crippen molar-refractivity contribution in [1.82, 2.24) is 0 Å². The summed E-state index contributed by atoms with van der Waals surface area (Å²) >= 11 is 0. The molecule has 2 unspecified atom stereocenters. The molecule has 0 bridgehead atoms. The summed E-state index contributed by atoms with van der Waals surface area (Å²) in [5, 5.41) is 43.5. The van der Waals surface area contributed by atoms with Crippen molar-refractivity contribution in [3.63, 3.8) is 0 Å². The van der Waals surface area contributed by atoms with Gasteiger partial charge in [-0.1, -0.05) is 52.0 Å². The third kappa shape index (κ3) is 12.2. The van der Waals surface area contributed by atoms with Gasteiger partial charge in [0.2, 0.25) is 0 Å². The minimum atomic E-state index is -0.733. The van der Waals surface area contributed by atoms with Crippen LogP contribution in [-0.2, 0) is 10.8 Å². The number of nitrogens with zero attached hydrogens (tertiary/aromatic N) is 4. The monoisotopic (exact) mass is 1270 g/mol. The molecule has 0 N–H and O–H groups in total. The molecule has 0 amide bonds. The Labute approximate surface area is 553 Å². The maximum Gasteiger partial charge on any atom is 0.170 e. The van der Waals surface area contributed by atoms with E-state index in [2.05, 4.69) is 52.0 Å². The van der Waals surface area contributed by atoms with Crippen LogP contribution in [0.15, 0.2) is 194 Å². The first-order valence-corrected chi connectivity index (χ1v) is 30.5. The molecule has 2 atom stereocenters. The lowest BCUT2D eigenvalue weighted by Crippen LogP contribution is -2.25. The molecule has 96 heavy (non-hydrogen) atoms. The molecule has 0 radical (unpaired) electrons. The molecule has 0 fully saturated rings. The SMILES string of the molecule is CC(=O)c1ccc(Oc2cccc(Oc3cc4c(cc3Oc3cccc(Oc5ccc(C(C)=O)cc5)c3C#N)C(C)(C)C3c5cc(Oc6cccc(Oc7ccc(C(C)=O)cc7)c6C#N)c(Oc6cccc(Oc7ccc(C(C)=O)cc7)c6C#N)cc5C(C)(C)C43)c2C#N)cc1. The van der Waals surface area contributed by atoms with Crippen LogP contribution < -0.4 is 37.9 Å². The van der Waals surface area contributed by atoms with Gasteiger partial charge in [0.25, 0.3) is 0 Å². The van der Waals surface area contributed by atoms with Crippen molar-refractivity contribution in [2.45, 2.75) is 78.1 Å². The molecular formula is C80H58N4O12. The standard InChI is InChI=1S/C80H58N4O12/c1-45(85)49-21-29-53(30-22-49)89-65-13-9-17-69(59(65)41-81)93-73-37-57-63(39-75(73)95-71-19-11-15-67(61(71)43-83)91-55-33-25-51(26-34-55)47(3)87)79(5,6)78-58-38-74(94-70-18-10-14-66(60(70)42-82)90-54-31-23-50(24-32-54)46(2)86)76(40-64(58)80(7,8)77(57)78)96-72-20-12-16-68(62(72)44-84)92-56-35-27-52(28-36-56)48(4)88/h9-40,77-78H,1-8H3. The summed E-state index contributed by atoms with van der Waals surface area (Å²) in [6.07, 6.45) is 0. The van der Waals surface area contributed by atoms with Crippen molar-refractivity contribution in [1.29, 1.82) is 21.0 Å². The Hall–Kier alpha value is -12.8. The van der Waals surface area contributed by atoms with Crippen molar-refractivity contribution in [2.75, 3.05) is 0 Å². The lowest BCUT2D eigenvalue weighted by atomic mass is 9.72. The molecule has 0 saturated heterocycles. The number of nitriles is 4. The highest BCUT2D eigenvalue weighted by atomic mass is 16.5. The van der Waals surface area contributed by atoms with Crippen molar-refractivity contribution < 1.29 is 57.1 Å². The molecule has 0 aliphatic heterocycles. The molecule has 470 valence electrons. The summed E-state index contributed by atoms with van der Waals surface area (Å²) in [6.45, 7) is 14.4. The fraction of sp³-hybridized carbons (Fsp3) is 0.150. The van der Waals surface area contributed by atoms with E-state index < -0.39 is 10.8 Å². The van der Waals surface area contributed by atoms with Crippen LogP contribution in [0.25, 0.3) is 0 Å². The van der Waals surface area contributed by atoms with Crippen LogP contribution in [0.2, 0.25) is 0 Å². The topological polar surface area (TPSA) is 237 Å². The number of Topliss-reactive ketones (excluding diaryl/α,β-unsaturated/α-hetero) is 4. The van der Waals surface area contributed by atoms with Crippen molar-refractivity contribution in [2.24, 2.45) is 0 Å². The van der Waals surface area contributed by atoms with E-state index in [1.165, 1.54) is 27.7 Å². The quantitative estimate of drug-likeness (QED) is 0.0645. The lowest BCUT2D eigenvalue weighted by Gasteiger charge is -2.31. The molecule has 16 heteroatoms. The Balaban J connectivity index is 0.986. The molecule has 0 aromatic heterocycles. The predicted molar refractivity (Wildman–Crippen MR) is 355 cm³/mol. The Morgan fingerprint density at radius 2 is 0.490 bits per heavy atom. The van der Waals surface area contributed by atoms with Gasteiger partial charge < -0.3 is 37.9 Å². The second-order valence-electron chi connectivity index (χ2n) is 24.3. The maximum atomic E-state index is 12.1. The van der Waals surface area contributed by atoms with Gasteiger partial charge in [-0.25, -0.2) is 0 Å². The molecular weight excluding hydrogens is 1210 g/mol. The predicted octanol–water partition coefficient (Wildman–Crippen LogP) is 19.8. The average molecular weight is 1270 g/mol. The molecule has 2 aliphatic carbocycles. The Morgan fingerprint density at radius 3 is 0.688 bits per heavy atom. The van der Waals surface area contributed by atoms with Crippen LogP contribution in [0.5, 0.6) is 92.0 Å². The Morgan fingerprint density at radius 1 is 0.292 bits per heavy atom. The summed E-state index contributed by atoms with van der Waals surface area (Å²) in [5.74, 6) is 2.34. The number of carbonyl (C=O) groups is 4. The summed E-state index contributed by atoms with van der Waals surface area (Å²) < 4.78 is 52.7. The first-order valence-electron chi connectivity index (χ1n) is 30.5. The highest BCUT2D eigenvalue weighted by Crippen LogP contribution is 2.69. The molecule has 12 rings (SSSR count). The zero-order valence-electron chi connectivity index (χ0n) is 53.3. The van der Waals surface area contributed by atoms with E-state index in [4.69, 9.17) is 37.9 Å². The van der Waals surface area contributed by atoms with E-state index in [1.54, 1.807) is 170 Å². The second-order valence-corrected chi connectivity index (χ2v) is 24.3. The van der Waals surface area contributed by atoms with Gasteiger partial charge in [-0.3, -0.25) is 19.2 Å².